The average molecular weight is 380 g/mol. The summed E-state index contributed by atoms with van der Waals surface area (Å²) >= 11 is 24.1. The molecule has 0 radical (unpaired) electrons. The Balaban J connectivity index is 1.80. The molecule has 2 aromatic carbocycles. The standard InChI is InChI=1S/C15H10Cl4O3/c16-9-5-11(18)13(6-10(9)17)22-7-8-3-12(19)15-14(4-8)20-1-2-21-15/h3-6H,1-2,7H2. The number of hydrogen-bond donors (Lipinski definition) is 0. The number of ether oxygens (including phenoxy) is 3. The maximum absolute atomic E-state index is 6.18. The fraction of sp³-hybridized carbons (Fsp3) is 0.200. The highest BCUT2D eigenvalue weighted by Gasteiger charge is 2.17. The third-order valence-corrected chi connectivity index (χ3v) is 4.32. The predicted octanol–water partition coefficient (Wildman–Crippen LogP) is 5.65. The van der Waals surface area contributed by atoms with Gasteiger partial charge in [-0.05, 0) is 23.8 Å². The van der Waals surface area contributed by atoms with Crippen LogP contribution in [0.15, 0.2) is 24.3 Å². The second-order valence-electron chi connectivity index (χ2n) is 4.59. The van der Waals surface area contributed by atoms with Crippen LogP contribution in [-0.4, -0.2) is 13.2 Å². The Morgan fingerprint density at radius 3 is 2.36 bits per heavy atom. The van der Waals surface area contributed by atoms with Gasteiger partial charge < -0.3 is 14.2 Å². The highest BCUT2D eigenvalue weighted by Crippen LogP contribution is 2.39. The average Bonchev–Trinajstić information content (AvgIpc) is 2.50. The lowest BCUT2D eigenvalue weighted by molar-refractivity contribution is 0.171. The first-order valence-electron chi connectivity index (χ1n) is 6.40. The molecular formula is C15H10Cl4O3. The first-order chi connectivity index (χ1) is 10.5. The largest absolute Gasteiger partial charge is 0.487 e. The van der Waals surface area contributed by atoms with Gasteiger partial charge in [-0.3, -0.25) is 0 Å². The number of halogens is 4. The van der Waals surface area contributed by atoms with Gasteiger partial charge in [0.05, 0.1) is 20.1 Å². The highest BCUT2D eigenvalue weighted by molar-refractivity contribution is 6.43. The predicted molar refractivity (Wildman–Crippen MR) is 88.2 cm³/mol. The van der Waals surface area contributed by atoms with E-state index in [4.69, 9.17) is 60.6 Å². The van der Waals surface area contributed by atoms with E-state index >= 15 is 0 Å². The number of hydrogen-bond acceptors (Lipinski definition) is 3. The topological polar surface area (TPSA) is 27.7 Å². The molecule has 0 bridgehead atoms. The SMILES string of the molecule is Clc1cc(Cl)c(OCc2cc(Cl)c3c(c2)OCCO3)cc1Cl. The maximum atomic E-state index is 6.18. The molecule has 0 unspecified atom stereocenters. The quantitative estimate of drug-likeness (QED) is 0.645. The van der Waals surface area contributed by atoms with Crippen molar-refractivity contribution in [2.75, 3.05) is 13.2 Å². The summed E-state index contributed by atoms with van der Waals surface area (Å²) in [5.74, 6) is 1.61. The van der Waals surface area contributed by atoms with Crippen LogP contribution >= 0.6 is 46.4 Å². The van der Waals surface area contributed by atoms with Crippen LogP contribution in [0.25, 0.3) is 0 Å². The first-order valence-corrected chi connectivity index (χ1v) is 7.91. The molecule has 0 N–H and O–H groups in total. The lowest BCUT2D eigenvalue weighted by atomic mass is 10.2. The lowest BCUT2D eigenvalue weighted by Gasteiger charge is -2.20. The molecule has 1 heterocycles. The lowest BCUT2D eigenvalue weighted by Crippen LogP contribution is -2.16. The van der Waals surface area contributed by atoms with Crippen molar-refractivity contribution in [2.24, 2.45) is 0 Å². The molecule has 0 saturated carbocycles. The van der Waals surface area contributed by atoms with Crippen LogP contribution < -0.4 is 14.2 Å². The van der Waals surface area contributed by atoms with Crippen LogP contribution in [0.5, 0.6) is 17.2 Å². The zero-order chi connectivity index (χ0) is 15.7. The molecule has 3 rings (SSSR count). The van der Waals surface area contributed by atoms with E-state index in [0.29, 0.717) is 50.6 Å². The van der Waals surface area contributed by atoms with E-state index in [2.05, 4.69) is 0 Å². The minimum absolute atomic E-state index is 0.258. The second-order valence-corrected chi connectivity index (χ2v) is 6.22. The van der Waals surface area contributed by atoms with Crippen LogP contribution in [0.2, 0.25) is 20.1 Å². The van der Waals surface area contributed by atoms with Crippen LogP contribution in [0, 0.1) is 0 Å². The van der Waals surface area contributed by atoms with Gasteiger partial charge in [0.1, 0.15) is 25.6 Å². The molecule has 1 aliphatic rings. The van der Waals surface area contributed by atoms with Crippen molar-refractivity contribution in [1.29, 1.82) is 0 Å². The number of benzene rings is 2. The molecule has 0 spiro atoms. The zero-order valence-electron chi connectivity index (χ0n) is 11.2. The molecule has 22 heavy (non-hydrogen) atoms. The summed E-state index contributed by atoms with van der Waals surface area (Å²) in [5.41, 5.74) is 0.830. The molecule has 0 aromatic heterocycles. The third kappa shape index (κ3) is 3.33. The molecule has 2 aromatic rings. The van der Waals surface area contributed by atoms with E-state index in [1.807, 2.05) is 6.07 Å². The maximum Gasteiger partial charge on any atom is 0.179 e. The summed E-state index contributed by atoms with van der Waals surface area (Å²) in [6, 6.07) is 6.70. The van der Waals surface area contributed by atoms with Gasteiger partial charge in [-0.2, -0.15) is 0 Å². The van der Waals surface area contributed by atoms with E-state index in [-0.39, 0.29) is 6.61 Å². The van der Waals surface area contributed by atoms with Gasteiger partial charge in [-0.25, -0.2) is 0 Å². The van der Waals surface area contributed by atoms with Crippen LogP contribution in [-0.2, 0) is 6.61 Å². The van der Waals surface area contributed by atoms with Gasteiger partial charge in [-0.1, -0.05) is 46.4 Å². The fourth-order valence-electron chi connectivity index (χ4n) is 2.02. The van der Waals surface area contributed by atoms with E-state index in [1.54, 1.807) is 12.1 Å². The molecule has 0 amide bonds. The summed E-state index contributed by atoms with van der Waals surface area (Å²) in [5, 5.41) is 1.62. The molecule has 7 heteroatoms. The molecular weight excluding hydrogens is 370 g/mol. The van der Waals surface area contributed by atoms with E-state index in [0.717, 1.165) is 5.56 Å². The Labute approximate surface area is 147 Å². The first kappa shape index (κ1) is 15.9. The van der Waals surface area contributed by atoms with E-state index < -0.39 is 0 Å². The zero-order valence-corrected chi connectivity index (χ0v) is 14.2. The molecule has 1 aliphatic heterocycles. The monoisotopic (exact) mass is 378 g/mol. The Kier molecular flexibility index (Phi) is 4.79. The molecule has 0 saturated heterocycles. The van der Waals surface area contributed by atoms with Gasteiger partial charge in [-0.15, -0.1) is 0 Å². The molecule has 3 nitrogen and oxygen atoms in total. The van der Waals surface area contributed by atoms with Crippen molar-refractivity contribution in [3.05, 3.63) is 49.9 Å². The van der Waals surface area contributed by atoms with Gasteiger partial charge in [0, 0.05) is 6.07 Å². The van der Waals surface area contributed by atoms with Crippen LogP contribution in [0.1, 0.15) is 5.56 Å². The van der Waals surface area contributed by atoms with Gasteiger partial charge in [0.2, 0.25) is 0 Å². The Hall–Kier alpha value is -1.00. The summed E-state index contributed by atoms with van der Waals surface area (Å²) in [6.45, 7) is 1.24. The smallest absolute Gasteiger partial charge is 0.179 e. The van der Waals surface area contributed by atoms with Gasteiger partial charge in [0.15, 0.2) is 11.5 Å². The molecule has 116 valence electrons. The minimum atomic E-state index is 0.258. The van der Waals surface area contributed by atoms with E-state index in [9.17, 15) is 0 Å². The third-order valence-electron chi connectivity index (χ3n) is 3.03. The molecule has 0 aliphatic carbocycles. The summed E-state index contributed by atoms with van der Waals surface area (Å²) in [7, 11) is 0. The van der Waals surface area contributed by atoms with Gasteiger partial charge in [0.25, 0.3) is 0 Å². The van der Waals surface area contributed by atoms with Crippen LogP contribution in [0.3, 0.4) is 0 Å². The number of fused-ring (bicyclic) bond motifs is 1. The second kappa shape index (κ2) is 6.63. The van der Waals surface area contributed by atoms with Crippen molar-refractivity contribution in [2.45, 2.75) is 6.61 Å². The van der Waals surface area contributed by atoms with E-state index in [1.165, 1.54) is 6.07 Å². The fourth-order valence-corrected chi connectivity index (χ4v) is 2.90. The minimum Gasteiger partial charge on any atom is -0.487 e. The Bertz CT molecular complexity index is 718. The van der Waals surface area contributed by atoms with Crippen molar-refractivity contribution in [1.82, 2.24) is 0 Å². The number of rotatable bonds is 3. The Morgan fingerprint density at radius 1 is 0.818 bits per heavy atom. The van der Waals surface area contributed by atoms with Crippen molar-refractivity contribution in [3.8, 4) is 17.2 Å². The van der Waals surface area contributed by atoms with Crippen molar-refractivity contribution >= 4 is 46.4 Å². The summed E-state index contributed by atoms with van der Waals surface area (Å²) in [4.78, 5) is 0. The normalized spacial score (nSPS) is 13.1. The van der Waals surface area contributed by atoms with Crippen molar-refractivity contribution in [3.63, 3.8) is 0 Å². The molecule has 0 fully saturated rings. The summed E-state index contributed by atoms with van der Waals surface area (Å²) in [6.07, 6.45) is 0. The van der Waals surface area contributed by atoms with Gasteiger partial charge >= 0.3 is 0 Å². The van der Waals surface area contributed by atoms with Crippen LogP contribution in [0.4, 0.5) is 0 Å². The van der Waals surface area contributed by atoms with Crippen molar-refractivity contribution < 1.29 is 14.2 Å². The Morgan fingerprint density at radius 2 is 1.55 bits per heavy atom. The highest BCUT2D eigenvalue weighted by atomic mass is 35.5. The summed E-state index contributed by atoms with van der Waals surface area (Å²) < 4.78 is 16.7. The molecule has 0 atom stereocenters.